The van der Waals surface area contributed by atoms with E-state index in [9.17, 15) is 14.4 Å². The molecule has 7 heteroatoms. The zero-order valence-corrected chi connectivity index (χ0v) is 10.9. The average Bonchev–Trinajstić information content (AvgIpc) is 2.81. The van der Waals surface area contributed by atoms with Crippen molar-refractivity contribution in [2.45, 2.75) is 25.3 Å². The van der Waals surface area contributed by atoms with Crippen molar-refractivity contribution >= 4 is 23.9 Å². The second-order valence-corrected chi connectivity index (χ2v) is 4.28. The monoisotopic (exact) mass is 279 g/mol. The van der Waals surface area contributed by atoms with E-state index < -0.39 is 23.8 Å². The van der Waals surface area contributed by atoms with Crippen molar-refractivity contribution in [2.75, 3.05) is 0 Å². The molecule has 0 saturated heterocycles. The molecule has 2 amide bonds. The molecule has 0 fully saturated rings. The van der Waals surface area contributed by atoms with Gasteiger partial charge < -0.3 is 21.1 Å². The molecule has 7 nitrogen and oxygen atoms in total. The van der Waals surface area contributed by atoms with E-state index in [2.05, 4.69) is 16.9 Å². The number of carboxylic acids is 1. The first-order valence-corrected chi connectivity index (χ1v) is 6.03. The van der Waals surface area contributed by atoms with Crippen LogP contribution in [0.1, 0.15) is 24.2 Å². The van der Waals surface area contributed by atoms with E-state index in [4.69, 9.17) is 10.8 Å². The smallest absolute Gasteiger partial charge is 0.326 e. The Labute approximate surface area is 115 Å². The lowest BCUT2D eigenvalue weighted by Gasteiger charge is -2.13. The van der Waals surface area contributed by atoms with Crippen LogP contribution in [-0.2, 0) is 20.8 Å². The SMILES string of the molecule is C=Cc1ccc(CC(=O)NC(CCC(N)=O)C(=O)O)[nH]1. The molecular weight excluding hydrogens is 262 g/mol. The van der Waals surface area contributed by atoms with Crippen LogP contribution in [0.3, 0.4) is 0 Å². The third kappa shape index (κ3) is 4.97. The summed E-state index contributed by atoms with van der Waals surface area (Å²) in [4.78, 5) is 36.3. The summed E-state index contributed by atoms with van der Waals surface area (Å²) < 4.78 is 0. The van der Waals surface area contributed by atoms with Gasteiger partial charge in [-0.3, -0.25) is 9.59 Å². The van der Waals surface area contributed by atoms with Crippen LogP contribution in [0.2, 0.25) is 0 Å². The fraction of sp³-hybridized carbons (Fsp3) is 0.308. The molecule has 0 aliphatic heterocycles. The maximum absolute atomic E-state index is 11.7. The first-order valence-electron chi connectivity index (χ1n) is 6.03. The Balaban J connectivity index is 2.54. The normalized spacial score (nSPS) is 11.6. The van der Waals surface area contributed by atoms with Gasteiger partial charge in [0.15, 0.2) is 0 Å². The van der Waals surface area contributed by atoms with E-state index in [1.165, 1.54) is 0 Å². The van der Waals surface area contributed by atoms with Crippen LogP contribution >= 0.6 is 0 Å². The highest BCUT2D eigenvalue weighted by Crippen LogP contribution is 2.04. The minimum atomic E-state index is -1.20. The van der Waals surface area contributed by atoms with Crippen molar-refractivity contribution in [1.29, 1.82) is 0 Å². The molecule has 0 aromatic carbocycles. The van der Waals surface area contributed by atoms with Gasteiger partial charge in [0.2, 0.25) is 11.8 Å². The first kappa shape index (κ1) is 15.5. The number of hydrogen-bond acceptors (Lipinski definition) is 3. The van der Waals surface area contributed by atoms with Crippen molar-refractivity contribution in [2.24, 2.45) is 5.73 Å². The molecule has 0 aliphatic carbocycles. The molecule has 1 heterocycles. The molecular formula is C13H17N3O4. The number of hydrogen-bond donors (Lipinski definition) is 4. The number of aliphatic carboxylic acids is 1. The van der Waals surface area contributed by atoms with Gasteiger partial charge in [-0.15, -0.1) is 0 Å². The Morgan fingerprint density at radius 3 is 2.65 bits per heavy atom. The van der Waals surface area contributed by atoms with Crippen LogP contribution < -0.4 is 11.1 Å². The Morgan fingerprint density at radius 2 is 2.15 bits per heavy atom. The summed E-state index contributed by atoms with van der Waals surface area (Å²) in [6.07, 6.45) is 1.50. The quantitative estimate of drug-likeness (QED) is 0.536. The predicted molar refractivity (Wildman–Crippen MR) is 72.6 cm³/mol. The molecule has 1 atom stereocenters. The summed E-state index contributed by atoms with van der Waals surface area (Å²) in [5, 5.41) is 11.3. The van der Waals surface area contributed by atoms with Gasteiger partial charge in [-0.2, -0.15) is 0 Å². The molecule has 0 saturated carbocycles. The minimum Gasteiger partial charge on any atom is -0.480 e. The van der Waals surface area contributed by atoms with Gasteiger partial charge in [-0.1, -0.05) is 6.58 Å². The third-order valence-electron chi connectivity index (χ3n) is 2.65. The van der Waals surface area contributed by atoms with E-state index in [1.54, 1.807) is 18.2 Å². The molecule has 1 unspecified atom stereocenters. The lowest BCUT2D eigenvalue weighted by atomic mass is 10.1. The number of amides is 2. The number of aromatic nitrogens is 1. The maximum atomic E-state index is 11.7. The average molecular weight is 279 g/mol. The van der Waals surface area contributed by atoms with Gasteiger partial charge in [0.05, 0.1) is 6.42 Å². The van der Waals surface area contributed by atoms with Crippen LogP contribution in [0.5, 0.6) is 0 Å². The number of aromatic amines is 1. The predicted octanol–water partition coefficient (Wildman–Crippen LogP) is 0.0351. The van der Waals surface area contributed by atoms with Crippen LogP contribution in [0.15, 0.2) is 18.7 Å². The molecule has 20 heavy (non-hydrogen) atoms. The highest BCUT2D eigenvalue weighted by atomic mass is 16.4. The molecule has 108 valence electrons. The number of carbonyl (C=O) groups excluding carboxylic acids is 2. The van der Waals surface area contributed by atoms with Gasteiger partial charge in [0.1, 0.15) is 6.04 Å². The molecule has 1 aromatic heterocycles. The highest BCUT2D eigenvalue weighted by molar-refractivity contribution is 5.85. The van der Waals surface area contributed by atoms with Gasteiger partial charge in [0.25, 0.3) is 0 Å². The number of nitrogens with one attached hydrogen (secondary N) is 2. The van der Waals surface area contributed by atoms with Crippen LogP contribution in [0, 0.1) is 0 Å². The van der Waals surface area contributed by atoms with Crippen molar-refractivity contribution in [3.05, 3.63) is 30.1 Å². The topological polar surface area (TPSA) is 125 Å². The first-order chi connectivity index (χ1) is 9.42. The molecule has 0 aliphatic rings. The summed E-state index contributed by atoms with van der Waals surface area (Å²) in [7, 11) is 0. The Kier molecular flexibility index (Phi) is 5.52. The van der Waals surface area contributed by atoms with E-state index >= 15 is 0 Å². The minimum absolute atomic E-state index is 0.0220. The number of carbonyl (C=O) groups is 3. The van der Waals surface area contributed by atoms with Crippen LogP contribution in [0.25, 0.3) is 6.08 Å². The zero-order chi connectivity index (χ0) is 15.1. The standard InChI is InChI=1S/C13H17N3O4/c1-2-8-3-4-9(15-8)7-12(18)16-10(13(19)20)5-6-11(14)17/h2-4,10,15H,1,5-7H2,(H2,14,17)(H,16,18)(H,19,20). The van der Waals surface area contributed by atoms with Gasteiger partial charge >= 0.3 is 5.97 Å². The van der Waals surface area contributed by atoms with E-state index in [1.807, 2.05) is 0 Å². The summed E-state index contributed by atoms with van der Waals surface area (Å²) in [5.74, 6) is -2.25. The number of primary amides is 1. The van der Waals surface area contributed by atoms with Gasteiger partial charge in [-0.05, 0) is 24.6 Å². The largest absolute Gasteiger partial charge is 0.480 e. The Morgan fingerprint density at radius 1 is 1.45 bits per heavy atom. The molecule has 5 N–H and O–H groups in total. The van der Waals surface area contributed by atoms with E-state index in [-0.39, 0.29) is 19.3 Å². The summed E-state index contributed by atoms with van der Waals surface area (Å²) in [5.41, 5.74) is 6.38. The van der Waals surface area contributed by atoms with Crippen molar-refractivity contribution < 1.29 is 19.5 Å². The fourth-order valence-corrected chi connectivity index (χ4v) is 1.64. The van der Waals surface area contributed by atoms with Gasteiger partial charge in [-0.25, -0.2) is 4.79 Å². The number of H-pyrrole nitrogens is 1. The van der Waals surface area contributed by atoms with Crippen molar-refractivity contribution in [3.8, 4) is 0 Å². The lowest BCUT2D eigenvalue weighted by molar-refractivity contribution is -0.142. The number of nitrogens with two attached hydrogens (primary N) is 1. The molecule has 0 spiro atoms. The van der Waals surface area contributed by atoms with Crippen LogP contribution in [-0.4, -0.2) is 33.9 Å². The molecule has 1 rings (SSSR count). The van der Waals surface area contributed by atoms with Crippen LogP contribution in [0.4, 0.5) is 0 Å². The molecule has 1 aromatic rings. The maximum Gasteiger partial charge on any atom is 0.326 e. The summed E-state index contributed by atoms with van der Waals surface area (Å²) in [6.45, 7) is 3.58. The fourth-order valence-electron chi connectivity index (χ4n) is 1.64. The molecule has 0 bridgehead atoms. The number of rotatable bonds is 8. The second kappa shape index (κ2) is 7.13. The molecule has 0 radical (unpaired) electrons. The van der Waals surface area contributed by atoms with E-state index in [0.717, 1.165) is 5.69 Å². The van der Waals surface area contributed by atoms with Crippen molar-refractivity contribution in [3.63, 3.8) is 0 Å². The van der Waals surface area contributed by atoms with E-state index in [0.29, 0.717) is 5.69 Å². The van der Waals surface area contributed by atoms with Crippen molar-refractivity contribution in [1.82, 2.24) is 10.3 Å². The lowest BCUT2D eigenvalue weighted by Crippen LogP contribution is -2.42. The summed E-state index contributed by atoms with van der Waals surface area (Å²) >= 11 is 0. The highest BCUT2D eigenvalue weighted by Gasteiger charge is 2.20. The summed E-state index contributed by atoms with van der Waals surface area (Å²) in [6, 6.07) is 2.36. The zero-order valence-electron chi connectivity index (χ0n) is 10.9. The Bertz CT molecular complexity index is 521. The second-order valence-electron chi connectivity index (χ2n) is 4.28. The number of carboxylic acid groups (broad SMARTS) is 1. The third-order valence-corrected chi connectivity index (χ3v) is 2.65. The Hall–Kier alpha value is -2.57. The van der Waals surface area contributed by atoms with Gasteiger partial charge in [0, 0.05) is 17.8 Å².